The van der Waals surface area contributed by atoms with Gasteiger partial charge in [0.2, 0.25) is 11.9 Å². The minimum Gasteiger partial charge on any atom is -0.359 e. The number of aromatic nitrogens is 4. The quantitative estimate of drug-likeness (QED) is 0.619. The summed E-state index contributed by atoms with van der Waals surface area (Å²) < 4.78 is 0. The van der Waals surface area contributed by atoms with E-state index in [4.69, 9.17) is 0 Å². The highest BCUT2D eigenvalue weighted by Crippen LogP contribution is 2.17. The minimum absolute atomic E-state index is 0.0905. The molecule has 0 radical (unpaired) electrons. The standard InChI is InChI=1S/C11H17N7O/c1-6(2)16-7(19)4-13-9-8-10(15-5-14-8)18-11(12-3)17-9/h5-6H,4H2,1-3H3,(H,16,19)(H3,12,13,14,15,17,18). The SMILES string of the molecule is CNc1nc(NCC(=O)NC(C)C)c2[nH]cnc2n1. The average molecular weight is 263 g/mol. The smallest absolute Gasteiger partial charge is 0.239 e. The van der Waals surface area contributed by atoms with Crippen LogP contribution in [0.4, 0.5) is 11.8 Å². The maximum Gasteiger partial charge on any atom is 0.239 e. The normalized spacial score (nSPS) is 10.7. The van der Waals surface area contributed by atoms with Gasteiger partial charge in [-0.2, -0.15) is 9.97 Å². The molecule has 0 aromatic carbocycles. The molecular formula is C11H17N7O. The molecule has 0 saturated heterocycles. The fourth-order valence-electron chi connectivity index (χ4n) is 1.61. The van der Waals surface area contributed by atoms with Gasteiger partial charge in [-0.25, -0.2) is 4.98 Å². The van der Waals surface area contributed by atoms with Crippen LogP contribution in [0.2, 0.25) is 0 Å². The van der Waals surface area contributed by atoms with Gasteiger partial charge in [-0.15, -0.1) is 0 Å². The number of fused-ring (bicyclic) bond motifs is 1. The Morgan fingerprint density at radius 2 is 2.21 bits per heavy atom. The molecule has 2 heterocycles. The third-order valence-electron chi connectivity index (χ3n) is 2.38. The van der Waals surface area contributed by atoms with Gasteiger partial charge in [0, 0.05) is 13.1 Å². The molecule has 0 saturated carbocycles. The number of carbonyl (C=O) groups excluding carboxylic acids is 1. The molecule has 8 heteroatoms. The number of rotatable bonds is 5. The topological polar surface area (TPSA) is 108 Å². The van der Waals surface area contributed by atoms with Crippen molar-refractivity contribution in [3.63, 3.8) is 0 Å². The lowest BCUT2D eigenvalue weighted by atomic mass is 10.4. The number of anilines is 2. The molecule has 0 atom stereocenters. The Morgan fingerprint density at radius 3 is 2.89 bits per heavy atom. The number of hydrogen-bond donors (Lipinski definition) is 4. The van der Waals surface area contributed by atoms with E-state index in [9.17, 15) is 4.79 Å². The van der Waals surface area contributed by atoms with Crippen molar-refractivity contribution < 1.29 is 4.79 Å². The summed E-state index contributed by atoms with van der Waals surface area (Å²) in [6.45, 7) is 3.97. The van der Waals surface area contributed by atoms with E-state index in [2.05, 4.69) is 35.9 Å². The van der Waals surface area contributed by atoms with Crippen molar-refractivity contribution in [2.45, 2.75) is 19.9 Å². The third-order valence-corrected chi connectivity index (χ3v) is 2.38. The predicted octanol–water partition coefficient (Wildman–Crippen LogP) is 0.331. The molecule has 0 unspecified atom stereocenters. The molecule has 19 heavy (non-hydrogen) atoms. The Bertz CT molecular complexity index is 577. The van der Waals surface area contributed by atoms with Crippen molar-refractivity contribution in [2.24, 2.45) is 0 Å². The first-order valence-corrected chi connectivity index (χ1v) is 6.02. The second kappa shape index (κ2) is 5.51. The van der Waals surface area contributed by atoms with Gasteiger partial charge in [0.05, 0.1) is 12.9 Å². The molecule has 0 aliphatic carbocycles. The third kappa shape index (κ3) is 3.09. The number of nitrogens with one attached hydrogen (secondary N) is 4. The molecule has 0 spiro atoms. The van der Waals surface area contributed by atoms with Crippen LogP contribution in [0.15, 0.2) is 6.33 Å². The lowest BCUT2D eigenvalue weighted by Crippen LogP contribution is -2.35. The number of imidazole rings is 1. The summed E-state index contributed by atoms with van der Waals surface area (Å²) in [6, 6.07) is 0.111. The van der Waals surface area contributed by atoms with Crippen molar-refractivity contribution >= 4 is 28.8 Å². The lowest BCUT2D eigenvalue weighted by Gasteiger charge is -2.10. The molecule has 2 rings (SSSR count). The molecule has 0 aliphatic rings. The Kier molecular flexibility index (Phi) is 3.79. The second-order valence-corrected chi connectivity index (χ2v) is 4.32. The second-order valence-electron chi connectivity index (χ2n) is 4.32. The van der Waals surface area contributed by atoms with Gasteiger partial charge >= 0.3 is 0 Å². The summed E-state index contributed by atoms with van der Waals surface area (Å²) in [5, 5.41) is 8.63. The maximum absolute atomic E-state index is 11.6. The van der Waals surface area contributed by atoms with E-state index >= 15 is 0 Å². The number of amides is 1. The Balaban J connectivity index is 2.15. The number of carbonyl (C=O) groups is 1. The van der Waals surface area contributed by atoms with Crippen LogP contribution in [-0.4, -0.2) is 45.5 Å². The molecule has 4 N–H and O–H groups in total. The highest BCUT2D eigenvalue weighted by Gasteiger charge is 2.10. The monoisotopic (exact) mass is 263 g/mol. The number of nitrogens with zero attached hydrogens (tertiary/aromatic N) is 3. The van der Waals surface area contributed by atoms with E-state index in [-0.39, 0.29) is 18.5 Å². The van der Waals surface area contributed by atoms with Gasteiger partial charge in [-0.1, -0.05) is 0 Å². The summed E-state index contributed by atoms with van der Waals surface area (Å²) in [5.41, 5.74) is 1.22. The highest BCUT2D eigenvalue weighted by molar-refractivity contribution is 5.87. The van der Waals surface area contributed by atoms with Gasteiger partial charge in [-0.05, 0) is 13.8 Å². The van der Waals surface area contributed by atoms with Crippen LogP contribution < -0.4 is 16.0 Å². The first-order valence-electron chi connectivity index (χ1n) is 6.02. The fourth-order valence-corrected chi connectivity index (χ4v) is 1.61. The summed E-state index contributed by atoms with van der Waals surface area (Å²) >= 11 is 0. The van der Waals surface area contributed by atoms with Crippen molar-refractivity contribution in [3.8, 4) is 0 Å². The Hall–Kier alpha value is -2.38. The van der Waals surface area contributed by atoms with E-state index in [1.165, 1.54) is 6.33 Å². The zero-order chi connectivity index (χ0) is 13.8. The first kappa shape index (κ1) is 13.1. The van der Waals surface area contributed by atoms with Crippen LogP contribution in [0.1, 0.15) is 13.8 Å². The summed E-state index contributed by atoms with van der Waals surface area (Å²) in [7, 11) is 1.73. The number of hydrogen-bond acceptors (Lipinski definition) is 6. The highest BCUT2D eigenvalue weighted by atomic mass is 16.1. The van der Waals surface area contributed by atoms with Gasteiger partial charge < -0.3 is 20.9 Å². The summed E-state index contributed by atoms with van der Waals surface area (Å²) in [4.78, 5) is 27.1. The van der Waals surface area contributed by atoms with Crippen molar-refractivity contribution in [1.29, 1.82) is 0 Å². The molecule has 0 aliphatic heterocycles. The lowest BCUT2D eigenvalue weighted by molar-refractivity contribution is -0.119. The van der Waals surface area contributed by atoms with E-state index in [1.807, 2.05) is 13.8 Å². The van der Waals surface area contributed by atoms with Gasteiger partial charge in [0.25, 0.3) is 0 Å². The van der Waals surface area contributed by atoms with E-state index in [0.717, 1.165) is 0 Å². The van der Waals surface area contributed by atoms with E-state index in [0.29, 0.717) is 22.9 Å². The zero-order valence-electron chi connectivity index (χ0n) is 11.1. The fraction of sp³-hybridized carbons (Fsp3) is 0.455. The average Bonchev–Trinajstić information content (AvgIpc) is 2.82. The largest absolute Gasteiger partial charge is 0.359 e. The molecule has 1 amide bonds. The van der Waals surface area contributed by atoms with Gasteiger partial charge in [0.15, 0.2) is 11.5 Å². The van der Waals surface area contributed by atoms with Crippen LogP contribution in [0.25, 0.3) is 11.2 Å². The minimum atomic E-state index is -0.0905. The predicted molar refractivity (Wildman–Crippen MR) is 73.0 cm³/mol. The molecule has 8 nitrogen and oxygen atoms in total. The van der Waals surface area contributed by atoms with Crippen molar-refractivity contribution in [3.05, 3.63) is 6.33 Å². The summed E-state index contributed by atoms with van der Waals surface area (Å²) in [5.74, 6) is 0.907. The van der Waals surface area contributed by atoms with Crippen LogP contribution >= 0.6 is 0 Å². The van der Waals surface area contributed by atoms with Gasteiger partial charge in [0.1, 0.15) is 5.52 Å². The molecule has 2 aromatic heterocycles. The molecule has 0 fully saturated rings. The van der Waals surface area contributed by atoms with Crippen LogP contribution in [0.3, 0.4) is 0 Å². The number of H-pyrrole nitrogens is 1. The molecule has 0 bridgehead atoms. The molecule has 102 valence electrons. The van der Waals surface area contributed by atoms with E-state index in [1.54, 1.807) is 7.05 Å². The Labute approximate surface area is 110 Å². The molecular weight excluding hydrogens is 246 g/mol. The zero-order valence-corrected chi connectivity index (χ0v) is 11.1. The van der Waals surface area contributed by atoms with Crippen LogP contribution in [0.5, 0.6) is 0 Å². The maximum atomic E-state index is 11.6. The van der Waals surface area contributed by atoms with Crippen molar-refractivity contribution in [2.75, 3.05) is 24.2 Å². The first-order chi connectivity index (χ1) is 9.10. The van der Waals surface area contributed by atoms with Gasteiger partial charge in [-0.3, -0.25) is 4.79 Å². The van der Waals surface area contributed by atoms with Crippen molar-refractivity contribution in [1.82, 2.24) is 25.3 Å². The Morgan fingerprint density at radius 1 is 1.42 bits per heavy atom. The van der Waals surface area contributed by atoms with Crippen LogP contribution in [-0.2, 0) is 4.79 Å². The summed E-state index contributed by atoms with van der Waals surface area (Å²) in [6.07, 6.45) is 1.54. The number of aromatic amines is 1. The van der Waals surface area contributed by atoms with E-state index < -0.39 is 0 Å². The molecule has 2 aromatic rings. The van der Waals surface area contributed by atoms with Crippen LogP contribution in [0, 0.1) is 0 Å².